The summed E-state index contributed by atoms with van der Waals surface area (Å²) in [4.78, 5) is 27.2. The van der Waals surface area contributed by atoms with E-state index in [1.54, 1.807) is 31.4 Å². The van der Waals surface area contributed by atoms with Crippen molar-refractivity contribution in [2.24, 2.45) is 7.05 Å². The van der Waals surface area contributed by atoms with Gasteiger partial charge in [-0.2, -0.15) is 0 Å². The highest BCUT2D eigenvalue weighted by Gasteiger charge is 2.26. The maximum absolute atomic E-state index is 13.7. The molecule has 0 bridgehead atoms. The molecule has 150 valence electrons. The molecule has 0 amide bonds. The van der Waals surface area contributed by atoms with Crippen LogP contribution < -0.4 is 15.2 Å². The lowest BCUT2D eigenvalue weighted by atomic mass is 10.1. The lowest BCUT2D eigenvalue weighted by molar-refractivity contribution is 0.0388. The van der Waals surface area contributed by atoms with Crippen LogP contribution in [0.3, 0.4) is 0 Å². The number of anilines is 1. The smallest absolute Gasteiger partial charge is 0.255 e. The molecule has 1 atom stereocenters. The van der Waals surface area contributed by atoms with Gasteiger partial charge in [0.1, 0.15) is 12.4 Å². The molecule has 2 aromatic heterocycles. The number of benzene rings is 1. The van der Waals surface area contributed by atoms with Crippen molar-refractivity contribution in [1.29, 1.82) is 0 Å². The predicted octanol–water partition coefficient (Wildman–Crippen LogP) is 1.96. The molecule has 1 unspecified atom stereocenters. The fraction of sp³-hybridized carbons (Fsp3) is 0.300. The fourth-order valence-electron chi connectivity index (χ4n) is 3.29. The zero-order valence-corrected chi connectivity index (χ0v) is 16.1. The van der Waals surface area contributed by atoms with Gasteiger partial charge in [0.15, 0.2) is 11.6 Å². The van der Waals surface area contributed by atoms with Crippen LogP contribution in [0.25, 0.3) is 11.4 Å². The summed E-state index contributed by atoms with van der Waals surface area (Å²) in [6, 6.07) is 7.83. The number of aromatic nitrogens is 4. The first-order valence-corrected chi connectivity index (χ1v) is 9.11. The molecular formula is C20H20FN5O3. The Kier molecular flexibility index (Phi) is 5.22. The highest BCUT2D eigenvalue weighted by molar-refractivity contribution is 5.55. The van der Waals surface area contributed by atoms with Gasteiger partial charge in [-0.05, 0) is 23.8 Å². The standard InChI is InChI=1S/C20H20FN5O3/c1-25-19(27)10-16(15-5-6-22-12-23-15)24-20(25)26-7-8-29-18(11-26)13-3-4-14(21)17(9-13)28-2/h3-6,9-10,12,18H,7-8,11H2,1-2H3. The topological polar surface area (TPSA) is 82.4 Å². The van der Waals surface area contributed by atoms with E-state index in [2.05, 4.69) is 15.0 Å². The van der Waals surface area contributed by atoms with E-state index in [1.807, 2.05) is 4.90 Å². The van der Waals surface area contributed by atoms with Gasteiger partial charge in [-0.3, -0.25) is 9.36 Å². The van der Waals surface area contributed by atoms with Gasteiger partial charge >= 0.3 is 0 Å². The zero-order valence-electron chi connectivity index (χ0n) is 16.1. The van der Waals surface area contributed by atoms with E-state index in [-0.39, 0.29) is 17.4 Å². The number of methoxy groups -OCH3 is 1. The molecule has 3 aromatic rings. The minimum absolute atomic E-state index is 0.166. The van der Waals surface area contributed by atoms with Crippen molar-refractivity contribution in [3.8, 4) is 17.1 Å². The Balaban J connectivity index is 1.66. The first-order valence-electron chi connectivity index (χ1n) is 9.11. The molecule has 1 aromatic carbocycles. The number of rotatable bonds is 4. The molecule has 3 heterocycles. The Morgan fingerprint density at radius 1 is 1.24 bits per heavy atom. The lowest BCUT2D eigenvalue weighted by Crippen LogP contribution is -2.41. The minimum atomic E-state index is -0.425. The second-order valence-electron chi connectivity index (χ2n) is 6.63. The van der Waals surface area contributed by atoms with Crippen LogP contribution >= 0.6 is 0 Å². The zero-order chi connectivity index (χ0) is 20.4. The van der Waals surface area contributed by atoms with Crippen molar-refractivity contribution < 1.29 is 13.9 Å². The van der Waals surface area contributed by atoms with Crippen LogP contribution in [0.5, 0.6) is 5.75 Å². The fourth-order valence-corrected chi connectivity index (χ4v) is 3.29. The van der Waals surface area contributed by atoms with Crippen LogP contribution in [0.4, 0.5) is 10.3 Å². The molecule has 1 fully saturated rings. The molecule has 4 rings (SSSR count). The summed E-state index contributed by atoms with van der Waals surface area (Å²) in [7, 11) is 3.11. The largest absolute Gasteiger partial charge is 0.494 e. The molecule has 1 aliphatic heterocycles. The number of morpholine rings is 1. The van der Waals surface area contributed by atoms with Crippen molar-refractivity contribution in [2.45, 2.75) is 6.10 Å². The van der Waals surface area contributed by atoms with Gasteiger partial charge < -0.3 is 14.4 Å². The second-order valence-corrected chi connectivity index (χ2v) is 6.63. The summed E-state index contributed by atoms with van der Waals surface area (Å²) in [5, 5.41) is 0. The molecule has 0 radical (unpaired) electrons. The van der Waals surface area contributed by atoms with Crippen LogP contribution in [0.1, 0.15) is 11.7 Å². The molecule has 1 aliphatic rings. The molecule has 0 N–H and O–H groups in total. The van der Waals surface area contributed by atoms with Crippen LogP contribution in [0.15, 0.2) is 47.7 Å². The molecule has 0 aliphatic carbocycles. The van der Waals surface area contributed by atoms with E-state index in [0.717, 1.165) is 5.56 Å². The molecular weight excluding hydrogens is 377 g/mol. The first-order chi connectivity index (χ1) is 14.1. The Bertz CT molecular complexity index is 1070. The van der Waals surface area contributed by atoms with Crippen LogP contribution in [0, 0.1) is 5.82 Å². The van der Waals surface area contributed by atoms with Crippen LogP contribution in [-0.4, -0.2) is 46.3 Å². The number of halogens is 1. The number of hydrogen-bond donors (Lipinski definition) is 0. The molecule has 0 saturated carbocycles. The van der Waals surface area contributed by atoms with Gasteiger partial charge in [0, 0.05) is 25.9 Å². The van der Waals surface area contributed by atoms with E-state index < -0.39 is 5.82 Å². The van der Waals surface area contributed by atoms with Crippen molar-refractivity contribution in [3.05, 3.63) is 64.6 Å². The van der Waals surface area contributed by atoms with E-state index in [1.165, 1.54) is 30.1 Å². The summed E-state index contributed by atoms with van der Waals surface area (Å²) < 4.78 is 26.2. The van der Waals surface area contributed by atoms with Crippen molar-refractivity contribution in [2.75, 3.05) is 31.7 Å². The molecule has 0 spiro atoms. The van der Waals surface area contributed by atoms with Crippen molar-refractivity contribution >= 4 is 5.95 Å². The number of ether oxygens (including phenoxy) is 2. The SMILES string of the molecule is COc1cc(C2CN(c3nc(-c4ccncn4)cc(=O)n3C)CCO2)ccc1F. The quantitative estimate of drug-likeness (QED) is 0.666. The predicted molar refractivity (Wildman–Crippen MR) is 104 cm³/mol. The highest BCUT2D eigenvalue weighted by atomic mass is 19.1. The van der Waals surface area contributed by atoms with Crippen LogP contribution in [0.2, 0.25) is 0 Å². The molecule has 1 saturated heterocycles. The van der Waals surface area contributed by atoms with Crippen LogP contribution in [-0.2, 0) is 11.8 Å². The molecule has 8 nitrogen and oxygen atoms in total. The van der Waals surface area contributed by atoms with Gasteiger partial charge in [-0.1, -0.05) is 6.07 Å². The monoisotopic (exact) mass is 397 g/mol. The van der Waals surface area contributed by atoms with Gasteiger partial charge in [0.2, 0.25) is 5.95 Å². The summed E-state index contributed by atoms with van der Waals surface area (Å²) in [6.45, 7) is 1.47. The Morgan fingerprint density at radius 3 is 2.86 bits per heavy atom. The summed E-state index contributed by atoms with van der Waals surface area (Å²) in [6.07, 6.45) is 2.71. The van der Waals surface area contributed by atoms with Crippen molar-refractivity contribution in [1.82, 2.24) is 19.5 Å². The van der Waals surface area contributed by atoms with Gasteiger partial charge in [-0.15, -0.1) is 0 Å². The average Bonchev–Trinajstić information content (AvgIpc) is 2.76. The van der Waals surface area contributed by atoms with E-state index in [9.17, 15) is 9.18 Å². The average molecular weight is 397 g/mol. The maximum Gasteiger partial charge on any atom is 0.255 e. The Labute approximate surface area is 166 Å². The normalized spacial score (nSPS) is 16.7. The Morgan fingerprint density at radius 2 is 2.10 bits per heavy atom. The molecule has 29 heavy (non-hydrogen) atoms. The number of nitrogens with zero attached hydrogens (tertiary/aromatic N) is 5. The van der Waals surface area contributed by atoms with Gasteiger partial charge in [0.25, 0.3) is 5.56 Å². The van der Waals surface area contributed by atoms with Crippen molar-refractivity contribution in [3.63, 3.8) is 0 Å². The summed E-state index contributed by atoms with van der Waals surface area (Å²) in [5.74, 6) is 0.263. The van der Waals surface area contributed by atoms with Gasteiger partial charge in [0.05, 0.1) is 31.6 Å². The van der Waals surface area contributed by atoms with E-state index in [0.29, 0.717) is 37.0 Å². The van der Waals surface area contributed by atoms with E-state index >= 15 is 0 Å². The molecule has 9 heteroatoms. The Hall–Kier alpha value is -3.33. The third kappa shape index (κ3) is 3.81. The first kappa shape index (κ1) is 19.0. The third-order valence-corrected chi connectivity index (χ3v) is 4.85. The highest BCUT2D eigenvalue weighted by Crippen LogP contribution is 2.29. The second kappa shape index (κ2) is 7.96. The summed E-state index contributed by atoms with van der Waals surface area (Å²) >= 11 is 0. The minimum Gasteiger partial charge on any atom is -0.494 e. The maximum atomic E-state index is 13.7. The lowest BCUT2D eigenvalue weighted by Gasteiger charge is -2.34. The summed E-state index contributed by atoms with van der Waals surface area (Å²) in [5.41, 5.74) is 1.67. The third-order valence-electron chi connectivity index (χ3n) is 4.85. The number of hydrogen-bond acceptors (Lipinski definition) is 7. The van der Waals surface area contributed by atoms with Gasteiger partial charge in [-0.25, -0.2) is 19.3 Å². The van der Waals surface area contributed by atoms with E-state index in [4.69, 9.17) is 9.47 Å².